The van der Waals surface area contributed by atoms with E-state index < -0.39 is 18.0 Å². The molecule has 0 aliphatic carbocycles. The lowest BCUT2D eigenvalue weighted by Gasteiger charge is -2.08. The molecule has 0 atom stereocenters. The highest BCUT2D eigenvalue weighted by atomic mass is 19.3. The molecule has 1 amide bonds. The molecule has 0 aliphatic rings. The monoisotopic (exact) mass is 374 g/mol. The van der Waals surface area contributed by atoms with E-state index in [2.05, 4.69) is 15.3 Å². The fourth-order valence-corrected chi connectivity index (χ4v) is 2.64. The zero-order chi connectivity index (χ0) is 19.2. The number of halogens is 2. The van der Waals surface area contributed by atoms with Crippen LogP contribution in [0, 0.1) is 6.92 Å². The van der Waals surface area contributed by atoms with Gasteiger partial charge in [-0.25, -0.2) is 13.8 Å². The molecule has 142 valence electrons. The summed E-state index contributed by atoms with van der Waals surface area (Å²) in [5, 5.41) is 2.67. The molecule has 3 aromatic rings. The number of aromatic nitrogens is 3. The maximum atomic E-state index is 13.2. The molecule has 8 heteroatoms. The van der Waals surface area contributed by atoms with Gasteiger partial charge in [-0.1, -0.05) is 17.7 Å². The Bertz CT molecular complexity index is 910. The Balaban J connectivity index is 1.50. The van der Waals surface area contributed by atoms with Crippen LogP contribution in [0.1, 0.15) is 41.0 Å². The van der Waals surface area contributed by atoms with E-state index in [0.29, 0.717) is 19.6 Å². The van der Waals surface area contributed by atoms with Crippen molar-refractivity contribution >= 4 is 11.6 Å². The van der Waals surface area contributed by atoms with Crippen LogP contribution < -0.4 is 10.1 Å². The number of nitrogens with one attached hydrogen (secondary N) is 1. The number of benzene rings is 1. The van der Waals surface area contributed by atoms with Crippen LogP contribution in [0.4, 0.5) is 8.78 Å². The third kappa shape index (κ3) is 4.58. The van der Waals surface area contributed by atoms with Crippen LogP contribution in [0.15, 0.2) is 42.9 Å². The largest absolute Gasteiger partial charge is 0.494 e. The maximum absolute atomic E-state index is 13.2. The molecule has 0 bridgehead atoms. The van der Waals surface area contributed by atoms with Crippen LogP contribution in [-0.4, -0.2) is 33.4 Å². The summed E-state index contributed by atoms with van der Waals surface area (Å²) in [6, 6.07) is 7.76. The van der Waals surface area contributed by atoms with Gasteiger partial charge in [-0.05, 0) is 31.9 Å². The van der Waals surface area contributed by atoms with Gasteiger partial charge in [0.05, 0.1) is 12.8 Å². The summed E-state index contributed by atoms with van der Waals surface area (Å²) in [7, 11) is 0. The number of unbranched alkanes of at least 4 members (excludes halogenated alkanes) is 1. The normalized spacial score (nSPS) is 11.1. The van der Waals surface area contributed by atoms with Gasteiger partial charge in [-0.2, -0.15) is 0 Å². The first-order chi connectivity index (χ1) is 13.1. The summed E-state index contributed by atoms with van der Waals surface area (Å²) in [5.74, 6) is 0.217. The quantitative estimate of drug-likeness (QED) is 0.612. The third-order valence-corrected chi connectivity index (χ3v) is 4.03. The average molecular weight is 374 g/mol. The number of ether oxygens (including phenoxy) is 1. The van der Waals surface area contributed by atoms with E-state index in [-0.39, 0.29) is 11.3 Å². The molecule has 0 radical (unpaired) electrons. The van der Waals surface area contributed by atoms with Gasteiger partial charge in [0.15, 0.2) is 5.65 Å². The number of aryl methyl sites for hydroxylation is 1. The number of hydrogen-bond donors (Lipinski definition) is 1. The van der Waals surface area contributed by atoms with Crippen LogP contribution in [0.25, 0.3) is 5.65 Å². The first-order valence-corrected chi connectivity index (χ1v) is 8.64. The Labute approximate surface area is 155 Å². The van der Waals surface area contributed by atoms with Crippen molar-refractivity contribution in [3.63, 3.8) is 0 Å². The van der Waals surface area contributed by atoms with Crippen LogP contribution in [0.2, 0.25) is 0 Å². The molecule has 0 aliphatic heterocycles. The third-order valence-electron chi connectivity index (χ3n) is 4.03. The fraction of sp³-hybridized carbons (Fsp3) is 0.316. The first kappa shape index (κ1) is 18.8. The number of carbonyl (C=O) groups is 1. The minimum Gasteiger partial charge on any atom is -0.494 e. The lowest BCUT2D eigenvalue weighted by molar-refractivity contribution is 0.0930. The van der Waals surface area contributed by atoms with Crippen LogP contribution in [0.3, 0.4) is 0 Å². The van der Waals surface area contributed by atoms with Gasteiger partial charge in [0.2, 0.25) is 0 Å². The van der Waals surface area contributed by atoms with Crippen molar-refractivity contribution in [2.45, 2.75) is 26.2 Å². The van der Waals surface area contributed by atoms with E-state index in [9.17, 15) is 13.6 Å². The molecule has 0 fully saturated rings. The van der Waals surface area contributed by atoms with E-state index in [1.54, 1.807) is 0 Å². The van der Waals surface area contributed by atoms with Crippen molar-refractivity contribution in [3.8, 4) is 5.75 Å². The Morgan fingerprint density at radius 2 is 2.04 bits per heavy atom. The van der Waals surface area contributed by atoms with Crippen LogP contribution in [0.5, 0.6) is 5.75 Å². The molecule has 2 heterocycles. The number of hydrogen-bond acceptors (Lipinski definition) is 4. The van der Waals surface area contributed by atoms with E-state index in [1.165, 1.54) is 23.0 Å². The second-order valence-electron chi connectivity index (χ2n) is 6.08. The second-order valence-corrected chi connectivity index (χ2v) is 6.08. The number of fused-ring (bicyclic) bond motifs is 1. The van der Waals surface area contributed by atoms with E-state index in [0.717, 1.165) is 17.7 Å². The van der Waals surface area contributed by atoms with E-state index in [1.807, 2.05) is 31.2 Å². The van der Waals surface area contributed by atoms with Crippen molar-refractivity contribution in [3.05, 3.63) is 59.8 Å². The topological polar surface area (TPSA) is 68.5 Å². The number of nitrogens with zero attached hydrogens (tertiary/aromatic N) is 3. The minimum atomic E-state index is -2.84. The highest BCUT2D eigenvalue weighted by Gasteiger charge is 2.25. The number of amides is 1. The number of alkyl halides is 2. The molecule has 6 nitrogen and oxygen atoms in total. The van der Waals surface area contributed by atoms with Crippen molar-refractivity contribution in [2.24, 2.45) is 0 Å². The molecule has 1 N–H and O–H groups in total. The Hall–Kier alpha value is -3.03. The van der Waals surface area contributed by atoms with Crippen molar-refractivity contribution < 1.29 is 18.3 Å². The SMILES string of the molecule is Cc1ccc(OCCCCNC(=O)c2c(C(F)F)nc3cnccn23)cc1. The molecular weight excluding hydrogens is 354 g/mol. The van der Waals surface area contributed by atoms with E-state index >= 15 is 0 Å². The minimum absolute atomic E-state index is 0.154. The molecule has 0 spiro atoms. The maximum Gasteiger partial charge on any atom is 0.282 e. The number of imidazole rings is 1. The Morgan fingerprint density at radius 3 is 2.78 bits per heavy atom. The standard InChI is InChI=1S/C19H20F2N4O2/c1-13-4-6-14(7-5-13)27-11-3-2-8-23-19(26)17-16(18(20)21)24-15-12-22-9-10-25(15)17/h4-7,9-10,12,18H,2-3,8,11H2,1H3,(H,23,26). The van der Waals surface area contributed by atoms with Gasteiger partial charge in [0, 0.05) is 18.9 Å². The zero-order valence-electron chi connectivity index (χ0n) is 14.9. The highest BCUT2D eigenvalue weighted by Crippen LogP contribution is 2.23. The van der Waals surface area contributed by atoms with Gasteiger partial charge in [-0.3, -0.25) is 14.2 Å². The van der Waals surface area contributed by atoms with Crippen LogP contribution >= 0.6 is 0 Å². The fourth-order valence-electron chi connectivity index (χ4n) is 2.64. The smallest absolute Gasteiger partial charge is 0.282 e. The predicted molar refractivity (Wildman–Crippen MR) is 96.2 cm³/mol. The molecular formula is C19H20F2N4O2. The summed E-state index contributed by atoms with van der Waals surface area (Å²) in [4.78, 5) is 20.0. The predicted octanol–water partition coefficient (Wildman–Crippen LogP) is 3.56. The molecule has 0 saturated heterocycles. The number of carbonyl (C=O) groups excluding carboxylic acids is 1. The van der Waals surface area contributed by atoms with Gasteiger partial charge >= 0.3 is 0 Å². The Kier molecular flexibility index (Phi) is 5.95. The summed E-state index contributed by atoms with van der Waals surface area (Å²) >= 11 is 0. The zero-order valence-corrected chi connectivity index (χ0v) is 14.9. The average Bonchev–Trinajstić information content (AvgIpc) is 3.06. The van der Waals surface area contributed by atoms with E-state index in [4.69, 9.17) is 4.74 Å². The molecule has 0 unspecified atom stereocenters. The van der Waals surface area contributed by atoms with Gasteiger partial charge < -0.3 is 10.1 Å². The van der Waals surface area contributed by atoms with Crippen molar-refractivity contribution in [1.29, 1.82) is 0 Å². The molecule has 3 rings (SSSR count). The lowest BCUT2D eigenvalue weighted by Crippen LogP contribution is -2.27. The Morgan fingerprint density at radius 1 is 1.26 bits per heavy atom. The van der Waals surface area contributed by atoms with Crippen LogP contribution in [-0.2, 0) is 0 Å². The summed E-state index contributed by atoms with van der Waals surface area (Å²) in [6.07, 6.45) is 2.76. The summed E-state index contributed by atoms with van der Waals surface area (Å²) < 4.78 is 33.4. The van der Waals surface area contributed by atoms with Crippen molar-refractivity contribution in [2.75, 3.05) is 13.2 Å². The first-order valence-electron chi connectivity index (χ1n) is 8.64. The van der Waals surface area contributed by atoms with Gasteiger partial charge in [-0.15, -0.1) is 0 Å². The molecule has 1 aromatic carbocycles. The van der Waals surface area contributed by atoms with Crippen molar-refractivity contribution in [1.82, 2.24) is 19.7 Å². The molecule has 0 saturated carbocycles. The summed E-state index contributed by atoms with van der Waals surface area (Å²) in [6.45, 7) is 2.88. The van der Waals surface area contributed by atoms with Gasteiger partial charge in [0.1, 0.15) is 17.1 Å². The summed E-state index contributed by atoms with van der Waals surface area (Å²) in [5.41, 5.74) is 0.683. The molecule has 2 aromatic heterocycles. The second kappa shape index (κ2) is 8.57. The molecule has 27 heavy (non-hydrogen) atoms. The lowest BCUT2D eigenvalue weighted by atomic mass is 10.2. The number of rotatable bonds is 8. The highest BCUT2D eigenvalue weighted by molar-refractivity contribution is 5.94. The van der Waals surface area contributed by atoms with Gasteiger partial charge in [0.25, 0.3) is 12.3 Å².